The third kappa shape index (κ3) is 4.59. The molecule has 0 spiro atoms. The van der Waals surface area contributed by atoms with Crippen molar-refractivity contribution >= 4 is 0 Å². The molecule has 2 fully saturated rings. The number of hydrogen-bond donors (Lipinski definition) is 0. The minimum atomic E-state index is 0.430. The molecule has 0 bridgehead atoms. The van der Waals surface area contributed by atoms with Crippen molar-refractivity contribution in [2.24, 2.45) is 11.8 Å². The largest absolute Gasteiger partial charge is 0.0625 e. The average Bonchev–Trinajstić information content (AvgIpc) is 2.53. The van der Waals surface area contributed by atoms with Gasteiger partial charge in [0.05, 0.1) is 0 Å². The molecule has 21 heavy (non-hydrogen) atoms. The molecule has 2 unspecified atom stereocenters. The van der Waals surface area contributed by atoms with E-state index in [2.05, 4.69) is 51.1 Å². The van der Waals surface area contributed by atoms with Gasteiger partial charge in [0, 0.05) is 0 Å². The normalized spacial score (nSPS) is 30.3. The molecule has 118 valence electrons. The molecule has 2 atom stereocenters. The molecule has 1 aromatic rings. The van der Waals surface area contributed by atoms with Gasteiger partial charge in [-0.15, -0.1) is 0 Å². The molecule has 0 heterocycles. The van der Waals surface area contributed by atoms with E-state index in [9.17, 15) is 0 Å². The van der Waals surface area contributed by atoms with Crippen molar-refractivity contribution < 1.29 is 0 Å². The highest BCUT2D eigenvalue weighted by Crippen LogP contribution is 2.42. The lowest BCUT2D eigenvalue weighted by Gasteiger charge is -2.40. The predicted octanol–water partition coefficient (Wildman–Crippen LogP) is 6.74. The second-order valence-corrected chi connectivity index (χ2v) is 7.67. The molecule has 0 heteroatoms. The molecule has 0 saturated heterocycles. The Morgan fingerprint density at radius 2 is 1.43 bits per heavy atom. The minimum absolute atomic E-state index is 0.430. The van der Waals surface area contributed by atoms with Crippen LogP contribution >= 0.6 is 0 Å². The van der Waals surface area contributed by atoms with E-state index in [1.807, 2.05) is 0 Å². The summed E-state index contributed by atoms with van der Waals surface area (Å²) >= 11 is 0. The fraction of sp³-hybridized carbons (Fsp3) is 0.714. The third-order valence-electron chi connectivity index (χ3n) is 6.00. The van der Waals surface area contributed by atoms with Crippen LogP contribution in [0.4, 0.5) is 0 Å². The fourth-order valence-electron chi connectivity index (χ4n) is 4.06. The molecule has 0 aromatic heterocycles. The van der Waals surface area contributed by atoms with Gasteiger partial charge >= 0.3 is 0 Å². The van der Waals surface area contributed by atoms with Crippen LogP contribution in [0.1, 0.15) is 84.1 Å². The van der Waals surface area contributed by atoms with E-state index in [1.54, 1.807) is 0 Å². The Morgan fingerprint density at radius 1 is 0.810 bits per heavy atom. The van der Waals surface area contributed by atoms with E-state index in [4.69, 9.17) is 0 Å². The van der Waals surface area contributed by atoms with Crippen molar-refractivity contribution in [3.63, 3.8) is 0 Å². The highest BCUT2D eigenvalue weighted by Gasteiger charge is 2.34. The first-order chi connectivity index (χ1) is 10.1. The van der Waals surface area contributed by atoms with Crippen LogP contribution < -0.4 is 0 Å². The molecular formula is C21H34. The van der Waals surface area contributed by atoms with Gasteiger partial charge in [0.15, 0.2) is 0 Å². The van der Waals surface area contributed by atoms with Crippen LogP contribution in [0.5, 0.6) is 0 Å². The lowest BCUT2D eigenvalue weighted by molar-refractivity contribution is 0.221. The lowest BCUT2D eigenvalue weighted by atomic mass is 9.64. The summed E-state index contributed by atoms with van der Waals surface area (Å²) < 4.78 is 0. The van der Waals surface area contributed by atoms with Gasteiger partial charge < -0.3 is 0 Å². The van der Waals surface area contributed by atoms with Gasteiger partial charge in [-0.1, -0.05) is 96.0 Å². The molecule has 0 amide bonds. The summed E-state index contributed by atoms with van der Waals surface area (Å²) in [6, 6.07) is 11.0. The first kappa shape index (κ1) is 16.6. The van der Waals surface area contributed by atoms with Crippen LogP contribution in [0.15, 0.2) is 30.3 Å². The third-order valence-corrected chi connectivity index (χ3v) is 6.00. The SMILES string of the molecule is CC1CCCCC1.CC1CCCCC1(C)c1ccccc1. The number of rotatable bonds is 1. The van der Waals surface area contributed by atoms with Gasteiger partial charge in [0.2, 0.25) is 0 Å². The van der Waals surface area contributed by atoms with Crippen LogP contribution in [0, 0.1) is 11.8 Å². The van der Waals surface area contributed by atoms with Gasteiger partial charge in [0.1, 0.15) is 0 Å². The Kier molecular flexibility index (Phi) is 6.33. The minimum Gasteiger partial charge on any atom is -0.0625 e. The predicted molar refractivity (Wildman–Crippen MR) is 93.7 cm³/mol. The van der Waals surface area contributed by atoms with Crippen LogP contribution in [0.25, 0.3) is 0 Å². The maximum absolute atomic E-state index is 2.44. The molecule has 2 aliphatic carbocycles. The summed E-state index contributed by atoms with van der Waals surface area (Å²) in [4.78, 5) is 0. The molecule has 0 N–H and O–H groups in total. The smallest absolute Gasteiger partial charge is 0.00497 e. The van der Waals surface area contributed by atoms with E-state index < -0.39 is 0 Å². The van der Waals surface area contributed by atoms with Gasteiger partial charge in [-0.3, -0.25) is 0 Å². The molecule has 1 aromatic carbocycles. The topological polar surface area (TPSA) is 0 Å². The zero-order valence-electron chi connectivity index (χ0n) is 14.4. The monoisotopic (exact) mass is 286 g/mol. The van der Waals surface area contributed by atoms with Crippen molar-refractivity contribution in [3.05, 3.63) is 35.9 Å². The van der Waals surface area contributed by atoms with Crippen molar-refractivity contribution in [2.75, 3.05) is 0 Å². The standard InChI is InChI=1S/C14H20.C7H14/c1-12-8-6-7-11-14(12,2)13-9-4-3-5-10-13;1-7-5-3-2-4-6-7/h3-5,9-10,12H,6-8,11H2,1-2H3;7H,2-6H2,1H3. The molecule has 2 saturated carbocycles. The van der Waals surface area contributed by atoms with Crippen molar-refractivity contribution in [1.82, 2.24) is 0 Å². The summed E-state index contributed by atoms with van der Waals surface area (Å²) in [5.41, 5.74) is 1.96. The second-order valence-electron chi connectivity index (χ2n) is 7.67. The maximum atomic E-state index is 2.44. The average molecular weight is 287 g/mol. The Bertz CT molecular complexity index is 388. The second kappa shape index (κ2) is 8.01. The van der Waals surface area contributed by atoms with Crippen molar-refractivity contribution in [2.45, 2.75) is 84.0 Å². The fourth-order valence-corrected chi connectivity index (χ4v) is 4.06. The molecule has 3 rings (SSSR count). The Balaban J connectivity index is 0.000000194. The van der Waals surface area contributed by atoms with Crippen molar-refractivity contribution in [3.8, 4) is 0 Å². The zero-order chi connectivity index (χ0) is 15.1. The van der Waals surface area contributed by atoms with Crippen LogP contribution in [-0.2, 0) is 5.41 Å². The Morgan fingerprint density at radius 3 is 1.95 bits per heavy atom. The van der Waals surface area contributed by atoms with E-state index in [0.29, 0.717) is 5.41 Å². The molecule has 0 nitrogen and oxygen atoms in total. The van der Waals surface area contributed by atoms with Crippen LogP contribution in [0.3, 0.4) is 0 Å². The highest BCUT2D eigenvalue weighted by atomic mass is 14.4. The molecule has 0 radical (unpaired) electrons. The summed E-state index contributed by atoms with van der Waals surface area (Å²) in [6.45, 7) is 7.21. The van der Waals surface area contributed by atoms with Gasteiger partial charge in [-0.05, 0) is 35.7 Å². The van der Waals surface area contributed by atoms with Crippen LogP contribution in [0.2, 0.25) is 0 Å². The van der Waals surface area contributed by atoms with Gasteiger partial charge in [-0.25, -0.2) is 0 Å². The Labute approximate surface area is 132 Å². The first-order valence-electron chi connectivity index (χ1n) is 9.18. The summed E-state index contributed by atoms with van der Waals surface area (Å²) in [5.74, 6) is 1.87. The van der Waals surface area contributed by atoms with E-state index in [1.165, 1.54) is 63.4 Å². The summed E-state index contributed by atoms with van der Waals surface area (Å²) in [6.07, 6.45) is 13.0. The summed E-state index contributed by atoms with van der Waals surface area (Å²) in [7, 11) is 0. The Hall–Kier alpha value is -0.780. The quantitative estimate of drug-likeness (QED) is 0.536. The van der Waals surface area contributed by atoms with Gasteiger partial charge in [-0.2, -0.15) is 0 Å². The zero-order valence-corrected chi connectivity index (χ0v) is 14.4. The van der Waals surface area contributed by atoms with E-state index in [-0.39, 0.29) is 0 Å². The molecule has 2 aliphatic rings. The highest BCUT2D eigenvalue weighted by molar-refractivity contribution is 5.25. The maximum Gasteiger partial charge on any atom is -0.00497 e. The van der Waals surface area contributed by atoms with Crippen molar-refractivity contribution in [1.29, 1.82) is 0 Å². The van der Waals surface area contributed by atoms with Gasteiger partial charge in [0.25, 0.3) is 0 Å². The molecule has 0 aliphatic heterocycles. The van der Waals surface area contributed by atoms with E-state index in [0.717, 1.165) is 11.8 Å². The number of benzene rings is 1. The number of hydrogen-bond acceptors (Lipinski definition) is 0. The lowest BCUT2D eigenvalue weighted by Crippen LogP contribution is -2.33. The van der Waals surface area contributed by atoms with E-state index >= 15 is 0 Å². The first-order valence-corrected chi connectivity index (χ1v) is 9.18. The summed E-state index contributed by atoms with van der Waals surface area (Å²) in [5, 5.41) is 0. The van der Waals surface area contributed by atoms with Crippen LogP contribution in [-0.4, -0.2) is 0 Å². The molecular weight excluding hydrogens is 252 g/mol.